The van der Waals surface area contributed by atoms with E-state index >= 15 is 0 Å². The van der Waals surface area contributed by atoms with Crippen LogP contribution in [0.4, 0.5) is 5.69 Å². The maximum absolute atomic E-state index is 12.7. The Morgan fingerprint density at radius 2 is 1.90 bits per heavy atom. The molecule has 0 fully saturated rings. The zero-order valence-electron chi connectivity index (χ0n) is 11.8. The normalized spacial score (nSPS) is 13.5. The van der Waals surface area contributed by atoms with Crippen molar-refractivity contribution in [3.63, 3.8) is 0 Å². The third kappa shape index (κ3) is 2.76. The number of fused-ring (bicyclic) bond motifs is 1. The second-order valence-corrected chi connectivity index (χ2v) is 5.01. The molecule has 0 bridgehead atoms. The first-order valence-electron chi connectivity index (χ1n) is 7.12. The van der Waals surface area contributed by atoms with Gasteiger partial charge in [-0.1, -0.05) is 24.3 Å². The average Bonchev–Trinajstić information content (AvgIpc) is 2.55. The van der Waals surface area contributed by atoms with Crippen LogP contribution in [0.3, 0.4) is 0 Å². The molecule has 21 heavy (non-hydrogen) atoms. The molecule has 108 valence electrons. The Morgan fingerprint density at radius 1 is 1.14 bits per heavy atom. The molecule has 0 saturated heterocycles. The van der Waals surface area contributed by atoms with E-state index in [1.807, 2.05) is 48.5 Å². The van der Waals surface area contributed by atoms with Gasteiger partial charge in [0.25, 0.3) is 5.91 Å². The van der Waals surface area contributed by atoms with Crippen LogP contribution in [-0.2, 0) is 6.42 Å². The molecule has 2 N–H and O–H groups in total. The number of benzene rings is 2. The van der Waals surface area contributed by atoms with Gasteiger partial charge in [0, 0.05) is 5.56 Å². The van der Waals surface area contributed by atoms with E-state index in [9.17, 15) is 4.79 Å². The summed E-state index contributed by atoms with van der Waals surface area (Å²) < 4.78 is 5.58. The molecule has 1 aliphatic heterocycles. The molecular formula is C17H18N2O2. The second-order valence-electron chi connectivity index (χ2n) is 5.01. The van der Waals surface area contributed by atoms with Crippen LogP contribution in [0, 0.1) is 0 Å². The number of hydrogen-bond acceptors (Lipinski definition) is 3. The minimum absolute atomic E-state index is 0.00467. The van der Waals surface area contributed by atoms with Crippen molar-refractivity contribution in [1.82, 2.24) is 0 Å². The summed E-state index contributed by atoms with van der Waals surface area (Å²) in [5, 5.41) is 0. The van der Waals surface area contributed by atoms with Crippen molar-refractivity contribution < 1.29 is 9.53 Å². The molecule has 1 amide bonds. The van der Waals surface area contributed by atoms with E-state index in [0.29, 0.717) is 25.3 Å². The molecule has 3 rings (SSSR count). The van der Waals surface area contributed by atoms with Gasteiger partial charge in [0.1, 0.15) is 12.4 Å². The molecule has 0 aliphatic carbocycles. The number of amides is 1. The Balaban J connectivity index is 1.86. The fourth-order valence-corrected chi connectivity index (χ4v) is 2.52. The fourth-order valence-electron chi connectivity index (χ4n) is 2.52. The molecule has 4 heteroatoms. The first-order chi connectivity index (χ1) is 10.3. The van der Waals surface area contributed by atoms with E-state index in [0.717, 1.165) is 23.4 Å². The molecule has 0 radical (unpaired) electrons. The summed E-state index contributed by atoms with van der Waals surface area (Å²) in [6.07, 6.45) is 0.828. The lowest BCUT2D eigenvalue weighted by molar-refractivity contribution is 0.0976. The van der Waals surface area contributed by atoms with Gasteiger partial charge in [0.15, 0.2) is 0 Å². The summed E-state index contributed by atoms with van der Waals surface area (Å²) in [7, 11) is 0. The van der Waals surface area contributed by atoms with Gasteiger partial charge in [0.05, 0.1) is 12.2 Å². The highest BCUT2D eigenvalue weighted by molar-refractivity contribution is 6.07. The highest BCUT2D eigenvalue weighted by Gasteiger charge is 2.24. The third-order valence-electron chi connectivity index (χ3n) is 3.61. The highest BCUT2D eigenvalue weighted by atomic mass is 16.5. The van der Waals surface area contributed by atoms with E-state index in [1.165, 1.54) is 0 Å². The summed E-state index contributed by atoms with van der Waals surface area (Å²) >= 11 is 0. The molecular weight excluding hydrogens is 264 g/mol. The Hall–Kier alpha value is -2.33. The topological polar surface area (TPSA) is 55.6 Å². The summed E-state index contributed by atoms with van der Waals surface area (Å²) in [5.74, 6) is 0.766. The summed E-state index contributed by atoms with van der Waals surface area (Å²) in [5.41, 5.74) is 8.21. The Kier molecular flexibility index (Phi) is 3.88. The number of hydrogen-bond donors (Lipinski definition) is 1. The third-order valence-corrected chi connectivity index (χ3v) is 3.61. The predicted molar refractivity (Wildman–Crippen MR) is 82.8 cm³/mol. The molecule has 0 spiro atoms. The van der Waals surface area contributed by atoms with Crippen LogP contribution >= 0.6 is 0 Å². The number of nitrogens with two attached hydrogens (primary N) is 1. The van der Waals surface area contributed by atoms with Gasteiger partial charge in [-0.05, 0) is 42.8 Å². The summed E-state index contributed by atoms with van der Waals surface area (Å²) in [6.45, 7) is 1.71. The lowest BCUT2D eigenvalue weighted by atomic mass is 10.1. The standard InChI is InChI=1S/C17H18N2O2/c18-10-9-13-5-7-14(8-6-13)17(20)19-11-12-21-16-4-2-1-3-15(16)19/h1-8H,9-12,18H2. The van der Waals surface area contributed by atoms with Crippen LogP contribution in [0.15, 0.2) is 48.5 Å². The Bertz CT molecular complexity index is 637. The minimum atomic E-state index is 0.00467. The number of rotatable bonds is 3. The van der Waals surface area contributed by atoms with E-state index in [1.54, 1.807) is 4.90 Å². The zero-order valence-corrected chi connectivity index (χ0v) is 11.8. The number of carbonyl (C=O) groups excluding carboxylic acids is 1. The van der Waals surface area contributed by atoms with Crippen LogP contribution in [0.5, 0.6) is 5.75 Å². The highest BCUT2D eigenvalue weighted by Crippen LogP contribution is 2.31. The van der Waals surface area contributed by atoms with Gasteiger partial charge in [0.2, 0.25) is 0 Å². The lowest BCUT2D eigenvalue weighted by Gasteiger charge is -2.29. The van der Waals surface area contributed by atoms with Gasteiger partial charge in [-0.25, -0.2) is 0 Å². The SMILES string of the molecule is NCCc1ccc(C(=O)N2CCOc3ccccc32)cc1. The maximum atomic E-state index is 12.7. The predicted octanol–water partition coefficient (Wildman–Crippen LogP) is 2.23. The van der Waals surface area contributed by atoms with Crippen molar-refractivity contribution in [1.29, 1.82) is 0 Å². The van der Waals surface area contributed by atoms with Gasteiger partial charge < -0.3 is 15.4 Å². The monoisotopic (exact) mass is 282 g/mol. The number of para-hydroxylation sites is 2. The first-order valence-corrected chi connectivity index (χ1v) is 7.12. The Morgan fingerprint density at radius 3 is 2.67 bits per heavy atom. The average molecular weight is 282 g/mol. The number of anilines is 1. The number of ether oxygens (including phenoxy) is 1. The molecule has 0 aromatic heterocycles. The molecule has 2 aromatic carbocycles. The van der Waals surface area contributed by atoms with Crippen LogP contribution < -0.4 is 15.4 Å². The molecule has 2 aromatic rings. The summed E-state index contributed by atoms with van der Waals surface area (Å²) in [4.78, 5) is 14.5. The largest absolute Gasteiger partial charge is 0.490 e. The first kappa shape index (κ1) is 13.6. The number of nitrogens with zero attached hydrogens (tertiary/aromatic N) is 1. The van der Waals surface area contributed by atoms with Crippen LogP contribution in [0.25, 0.3) is 0 Å². The van der Waals surface area contributed by atoms with Gasteiger partial charge >= 0.3 is 0 Å². The molecule has 0 saturated carbocycles. The fraction of sp³-hybridized carbons (Fsp3) is 0.235. The van der Waals surface area contributed by atoms with Crippen LogP contribution in [-0.4, -0.2) is 25.6 Å². The molecule has 1 heterocycles. The second kappa shape index (κ2) is 5.97. The van der Waals surface area contributed by atoms with Crippen molar-refractivity contribution >= 4 is 11.6 Å². The molecule has 0 unspecified atom stereocenters. The number of carbonyl (C=O) groups is 1. The van der Waals surface area contributed by atoms with Gasteiger partial charge in [-0.2, -0.15) is 0 Å². The van der Waals surface area contributed by atoms with Crippen molar-refractivity contribution in [2.24, 2.45) is 5.73 Å². The van der Waals surface area contributed by atoms with Crippen molar-refractivity contribution in [3.8, 4) is 5.75 Å². The lowest BCUT2D eigenvalue weighted by Crippen LogP contribution is -2.37. The quantitative estimate of drug-likeness (QED) is 0.939. The van der Waals surface area contributed by atoms with E-state index in [2.05, 4.69) is 0 Å². The molecule has 4 nitrogen and oxygen atoms in total. The van der Waals surface area contributed by atoms with E-state index < -0.39 is 0 Å². The summed E-state index contributed by atoms with van der Waals surface area (Å²) in [6, 6.07) is 15.3. The van der Waals surface area contributed by atoms with Crippen LogP contribution in [0.2, 0.25) is 0 Å². The van der Waals surface area contributed by atoms with Crippen molar-refractivity contribution in [2.45, 2.75) is 6.42 Å². The van der Waals surface area contributed by atoms with Crippen molar-refractivity contribution in [3.05, 3.63) is 59.7 Å². The molecule has 1 aliphatic rings. The zero-order chi connectivity index (χ0) is 14.7. The van der Waals surface area contributed by atoms with Crippen molar-refractivity contribution in [2.75, 3.05) is 24.6 Å². The van der Waals surface area contributed by atoms with Crippen LogP contribution in [0.1, 0.15) is 15.9 Å². The minimum Gasteiger partial charge on any atom is -0.490 e. The van der Waals surface area contributed by atoms with E-state index in [-0.39, 0.29) is 5.91 Å². The van der Waals surface area contributed by atoms with Gasteiger partial charge in [-0.3, -0.25) is 4.79 Å². The van der Waals surface area contributed by atoms with E-state index in [4.69, 9.17) is 10.5 Å². The van der Waals surface area contributed by atoms with Gasteiger partial charge in [-0.15, -0.1) is 0 Å². The maximum Gasteiger partial charge on any atom is 0.258 e. The Labute approximate surface area is 124 Å². The smallest absolute Gasteiger partial charge is 0.258 e. The molecule has 0 atom stereocenters.